The molecule has 0 unspecified atom stereocenters. The lowest BCUT2D eigenvalue weighted by molar-refractivity contribution is 0.282. The highest BCUT2D eigenvalue weighted by atomic mass is 35.5. The molecule has 0 aromatic heterocycles. The first-order valence-electron chi connectivity index (χ1n) is 7.96. The van der Waals surface area contributed by atoms with Crippen LogP contribution in [-0.2, 0) is 13.2 Å². The highest BCUT2D eigenvalue weighted by molar-refractivity contribution is 5.85. The molecule has 0 aliphatic carbocycles. The van der Waals surface area contributed by atoms with Gasteiger partial charge in [-0.2, -0.15) is 0 Å². The van der Waals surface area contributed by atoms with E-state index in [2.05, 4.69) is 23.5 Å². The third-order valence-electron chi connectivity index (χ3n) is 3.54. The van der Waals surface area contributed by atoms with E-state index in [1.165, 1.54) is 11.1 Å². The SMILES string of the molecule is Cl.OCCCCCNCc1ccccc1OCc1ccccc1. The molecule has 0 heterocycles. The van der Waals surface area contributed by atoms with E-state index in [-0.39, 0.29) is 19.0 Å². The maximum absolute atomic E-state index is 8.75. The number of aliphatic hydroxyl groups excluding tert-OH is 1. The topological polar surface area (TPSA) is 41.5 Å². The van der Waals surface area contributed by atoms with Crippen molar-refractivity contribution in [3.63, 3.8) is 0 Å². The maximum atomic E-state index is 8.75. The first-order valence-corrected chi connectivity index (χ1v) is 7.96. The van der Waals surface area contributed by atoms with E-state index >= 15 is 0 Å². The molecule has 2 aromatic rings. The van der Waals surface area contributed by atoms with Crippen LogP contribution in [-0.4, -0.2) is 18.3 Å². The average molecular weight is 336 g/mol. The highest BCUT2D eigenvalue weighted by Gasteiger charge is 2.03. The number of benzene rings is 2. The van der Waals surface area contributed by atoms with Crippen LogP contribution in [0, 0.1) is 0 Å². The summed E-state index contributed by atoms with van der Waals surface area (Å²) < 4.78 is 5.95. The summed E-state index contributed by atoms with van der Waals surface area (Å²) in [4.78, 5) is 0. The zero-order valence-electron chi connectivity index (χ0n) is 13.4. The lowest BCUT2D eigenvalue weighted by atomic mass is 10.2. The summed E-state index contributed by atoms with van der Waals surface area (Å²) in [6.45, 7) is 2.65. The Labute approximate surface area is 145 Å². The number of aliphatic hydroxyl groups is 1. The molecule has 0 saturated carbocycles. The van der Waals surface area contributed by atoms with Crippen LogP contribution in [0.2, 0.25) is 0 Å². The summed E-state index contributed by atoms with van der Waals surface area (Å²) in [6.07, 6.45) is 3.04. The summed E-state index contributed by atoms with van der Waals surface area (Å²) in [5, 5.41) is 12.2. The third-order valence-corrected chi connectivity index (χ3v) is 3.54. The fourth-order valence-electron chi connectivity index (χ4n) is 2.29. The molecule has 0 saturated heterocycles. The standard InChI is InChI=1S/C19H25NO2.ClH/c21-14-8-2-7-13-20-15-18-11-5-6-12-19(18)22-16-17-9-3-1-4-10-17;/h1,3-6,9-12,20-21H,2,7-8,13-16H2;1H. The molecule has 23 heavy (non-hydrogen) atoms. The zero-order valence-corrected chi connectivity index (χ0v) is 14.2. The number of para-hydroxylation sites is 1. The van der Waals surface area contributed by atoms with Crippen molar-refractivity contribution in [1.29, 1.82) is 0 Å². The van der Waals surface area contributed by atoms with Crippen LogP contribution in [0.1, 0.15) is 30.4 Å². The predicted molar refractivity (Wildman–Crippen MR) is 97.1 cm³/mol. The molecule has 126 valence electrons. The molecular formula is C19H26ClNO2. The summed E-state index contributed by atoms with van der Waals surface area (Å²) in [7, 11) is 0. The van der Waals surface area contributed by atoms with Gasteiger partial charge in [0.2, 0.25) is 0 Å². The van der Waals surface area contributed by atoms with Crippen molar-refractivity contribution in [3.8, 4) is 5.75 Å². The second-order valence-electron chi connectivity index (χ2n) is 5.34. The van der Waals surface area contributed by atoms with Gasteiger partial charge in [0.05, 0.1) is 0 Å². The average Bonchev–Trinajstić information content (AvgIpc) is 2.58. The first kappa shape index (κ1) is 19.5. The molecular weight excluding hydrogens is 310 g/mol. The fraction of sp³-hybridized carbons (Fsp3) is 0.368. The molecule has 4 heteroatoms. The Morgan fingerprint density at radius 2 is 1.61 bits per heavy atom. The van der Waals surface area contributed by atoms with Crippen molar-refractivity contribution >= 4 is 12.4 Å². The lowest BCUT2D eigenvalue weighted by Gasteiger charge is -2.12. The van der Waals surface area contributed by atoms with Crippen LogP contribution in [0.5, 0.6) is 5.75 Å². The minimum Gasteiger partial charge on any atom is -0.489 e. The molecule has 2 aromatic carbocycles. The third kappa shape index (κ3) is 7.51. The van der Waals surface area contributed by atoms with Crippen molar-refractivity contribution in [3.05, 3.63) is 65.7 Å². The second kappa shape index (κ2) is 11.9. The van der Waals surface area contributed by atoms with Gasteiger partial charge in [0, 0.05) is 18.7 Å². The van der Waals surface area contributed by atoms with E-state index in [1.807, 2.05) is 36.4 Å². The van der Waals surface area contributed by atoms with Gasteiger partial charge in [-0.1, -0.05) is 48.5 Å². The molecule has 0 aliphatic rings. The highest BCUT2D eigenvalue weighted by Crippen LogP contribution is 2.19. The van der Waals surface area contributed by atoms with Gasteiger partial charge in [0.15, 0.2) is 0 Å². The Balaban J connectivity index is 0.00000264. The maximum Gasteiger partial charge on any atom is 0.124 e. The molecule has 2 rings (SSSR count). The van der Waals surface area contributed by atoms with Crippen LogP contribution < -0.4 is 10.1 Å². The number of nitrogens with one attached hydrogen (secondary N) is 1. The molecule has 2 N–H and O–H groups in total. The number of unbranched alkanes of at least 4 members (excludes halogenated alkanes) is 2. The molecule has 0 atom stereocenters. The van der Waals surface area contributed by atoms with Gasteiger partial charge in [-0.05, 0) is 37.4 Å². The van der Waals surface area contributed by atoms with Crippen LogP contribution in [0.25, 0.3) is 0 Å². The molecule has 0 radical (unpaired) electrons. The Bertz CT molecular complexity index is 534. The number of halogens is 1. The van der Waals surface area contributed by atoms with Gasteiger partial charge in [-0.25, -0.2) is 0 Å². The molecule has 0 bridgehead atoms. The monoisotopic (exact) mass is 335 g/mol. The molecule has 3 nitrogen and oxygen atoms in total. The van der Waals surface area contributed by atoms with Crippen LogP contribution in [0.4, 0.5) is 0 Å². The normalized spacial score (nSPS) is 10.1. The Hall–Kier alpha value is -1.55. The second-order valence-corrected chi connectivity index (χ2v) is 5.34. The molecule has 0 amide bonds. The Morgan fingerprint density at radius 1 is 0.870 bits per heavy atom. The van der Waals surface area contributed by atoms with Crippen molar-refractivity contribution in [2.24, 2.45) is 0 Å². The van der Waals surface area contributed by atoms with Gasteiger partial charge in [0.1, 0.15) is 12.4 Å². The number of hydrogen-bond donors (Lipinski definition) is 2. The summed E-state index contributed by atoms with van der Waals surface area (Å²) in [6, 6.07) is 18.4. The van der Waals surface area contributed by atoms with Gasteiger partial charge in [-0.3, -0.25) is 0 Å². The number of rotatable bonds is 10. The summed E-state index contributed by atoms with van der Waals surface area (Å²) >= 11 is 0. The minimum absolute atomic E-state index is 0. The van der Waals surface area contributed by atoms with Crippen molar-refractivity contribution < 1.29 is 9.84 Å². The zero-order chi connectivity index (χ0) is 15.5. The van der Waals surface area contributed by atoms with Crippen molar-refractivity contribution in [1.82, 2.24) is 5.32 Å². The van der Waals surface area contributed by atoms with Crippen molar-refractivity contribution in [2.45, 2.75) is 32.4 Å². The van der Waals surface area contributed by atoms with Gasteiger partial charge < -0.3 is 15.2 Å². The Kier molecular flexibility index (Phi) is 10.1. The predicted octanol–water partition coefficient (Wildman–Crippen LogP) is 3.94. The molecule has 0 fully saturated rings. The number of hydrogen-bond acceptors (Lipinski definition) is 3. The van der Waals surface area contributed by atoms with Crippen LogP contribution in [0.3, 0.4) is 0 Å². The lowest BCUT2D eigenvalue weighted by Crippen LogP contribution is -2.15. The van der Waals surface area contributed by atoms with Gasteiger partial charge in [-0.15, -0.1) is 12.4 Å². The largest absolute Gasteiger partial charge is 0.489 e. The quantitative estimate of drug-likeness (QED) is 0.646. The Morgan fingerprint density at radius 3 is 2.39 bits per heavy atom. The van der Waals surface area contributed by atoms with E-state index in [4.69, 9.17) is 9.84 Å². The molecule has 0 spiro atoms. The fourth-order valence-corrected chi connectivity index (χ4v) is 2.29. The van der Waals surface area contributed by atoms with Crippen LogP contribution >= 0.6 is 12.4 Å². The van der Waals surface area contributed by atoms with E-state index in [0.29, 0.717) is 6.61 Å². The summed E-state index contributed by atoms with van der Waals surface area (Å²) in [5.41, 5.74) is 2.36. The number of ether oxygens (including phenoxy) is 1. The minimum atomic E-state index is 0. The van der Waals surface area contributed by atoms with E-state index in [0.717, 1.165) is 38.1 Å². The van der Waals surface area contributed by atoms with E-state index in [9.17, 15) is 0 Å². The van der Waals surface area contributed by atoms with E-state index in [1.54, 1.807) is 0 Å². The van der Waals surface area contributed by atoms with Crippen molar-refractivity contribution in [2.75, 3.05) is 13.2 Å². The smallest absolute Gasteiger partial charge is 0.124 e. The van der Waals surface area contributed by atoms with E-state index < -0.39 is 0 Å². The first-order chi connectivity index (χ1) is 10.9. The van der Waals surface area contributed by atoms with Gasteiger partial charge >= 0.3 is 0 Å². The molecule has 0 aliphatic heterocycles. The summed E-state index contributed by atoms with van der Waals surface area (Å²) in [5.74, 6) is 0.939. The van der Waals surface area contributed by atoms with Gasteiger partial charge in [0.25, 0.3) is 0 Å². The van der Waals surface area contributed by atoms with Crippen LogP contribution in [0.15, 0.2) is 54.6 Å².